The number of hydrogen-bond donors (Lipinski definition) is 1. The van der Waals surface area contributed by atoms with Crippen LogP contribution in [0, 0.1) is 5.82 Å². The molecule has 0 aliphatic rings. The largest absolute Gasteiger partial charge is 0.508 e. The predicted molar refractivity (Wildman–Crippen MR) is 64.8 cm³/mol. The first-order valence-corrected chi connectivity index (χ1v) is 5.29. The Morgan fingerprint density at radius 3 is 2.67 bits per heavy atom. The fourth-order valence-electron chi connectivity index (χ4n) is 1.67. The third kappa shape index (κ3) is 2.32. The number of benzene rings is 2. The summed E-state index contributed by atoms with van der Waals surface area (Å²) in [6, 6.07) is 10.3. The second kappa shape index (κ2) is 4.87. The standard InChI is InChI=1S/C14H11FO3/c1-18-14(17)10-4-2-3-9(7-10)12-6-5-11(16)8-13(12)15/h2-8,16H,1H3. The van der Waals surface area contributed by atoms with Crippen molar-refractivity contribution in [3.05, 3.63) is 53.8 Å². The highest BCUT2D eigenvalue weighted by molar-refractivity contribution is 5.91. The van der Waals surface area contributed by atoms with Crippen molar-refractivity contribution in [2.45, 2.75) is 0 Å². The van der Waals surface area contributed by atoms with Crippen LogP contribution >= 0.6 is 0 Å². The van der Waals surface area contributed by atoms with Gasteiger partial charge in [0, 0.05) is 11.6 Å². The van der Waals surface area contributed by atoms with E-state index in [1.54, 1.807) is 24.3 Å². The Kier molecular flexibility index (Phi) is 3.28. The lowest BCUT2D eigenvalue weighted by molar-refractivity contribution is 0.0601. The van der Waals surface area contributed by atoms with Gasteiger partial charge in [-0.3, -0.25) is 0 Å². The molecule has 0 saturated carbocycles. The van der Waals surface area contributed by atoms with Gasteiger partial charge in [0.25, 0.3) is 0 Å². The highest BCUT2D eigenvalue weighted by Crippen LogP contribution is 2.26. The van der Waals surface area contributed by atoms with E-state index in [2.05, 4.69) is 4.74 Å². The van der Waals surface area contributed by atoms with Crippen molar-refractivity contribution in [3.8, 4) is 16.9 Å². The Hall–Kier alpha value is -2.36. The Balaban J connectivity index is 2.48. The van der Waals surface area contributed by atoms with Gasteiger partial charge in [-0.25, -0.2) is 9.18 Å². The van der Waals surface area contributed by atoms with Crippen molar-refractivity contribution in [2.24, 2.45) is 0 Å². The fourth-order valence-corrected chi connectivity index (χ4v) is 1.67. The van der Waals surface area contributed by atoms with Gasteiger partial charge in [0.1, 0.15) is 11.6 Å². The average Bonchev–Trinajstić information content (AvgIpc) is 2.38. The van der Waals surface area contributed by atoms with Crippen molar-refractivity contribution in [2.75, 3.05) is 7.11 Å². The molecule has 0 amide bonds. The van der Waals surface area contributed by atoms with E-state index in [0.29, 0.717) is 16.7 Å². The molecule has 4 heteroatoms. The predicted octanol–water partition coefficient (Wildman–Crippen LogP) is 2.98. The molecule has 0 radical (unpaired) electrons. The summed E-state index contributed by atoms with van der Waals surface area (Å²) in [5, 5.41) is 9.15. The zero-order valence-corrected chi connectivity index (χ0v) is 9.68. The first-order valence-electron chi connectivity index (χ1n) is 5.29. The zero-order valence-electron chi connectivity index (χ0n) is 9.68. The molecular weight excluding hydrogens is 235 g/mol. The van der Waals surface area contributed by atoms with E-state index in [4.69, 9.17) is 5.11 Å². The minimum atomic E-state index is -0.544. The van der Waals surface area contributed by atoms with Crippen LogP contribution in [-0.4, -0.2) is 18.2 Å². The first-order chi connectivity index (χ1) is 8.61. The number of esters is 1. The maximum absolute atomic E-state index is 13.7. The number of hydrogen-bond acceptors (Lipinski definition) is 3. The number of methoxy groups -OCH3 is 1. The zero-order chi connectivity index (χ0) is 13.1. The number of carbonyl (C=O) groups is 1. The van der Waals surface area contributed by atoms with E-state index in [0.717, 1.165) is 6.07 Å². The molecule has 92 valence electrons. The molecule has 0 bridgehead atoms. The topological polar surface area (TPSA) is 46.5 Å². The second-order valence-corrected chi connectivity index (χ2v) is 3.74. The van der Waals surface area contributed by atoms with Gasteiger partial charge >= 0.3 is 5.97 Å². The van der Waals surface area contributed by atoms with E-state index < -0.39 is 11.8 Å². The van der Waals surface area contributed by atoms with Crippen LogP contribution in [0.25, 0.3) is 11.1 Å². The quantitative estimate of drug-likeness (QED) is 0.828. The van der Waals surface area contributed by atoms with Gasteiger partial charge in [-0.2, -0.15) is 0 Å². The normalized spacial score (nSPS) is 10.1. The molecule has 0 spiro atoms. The number of rotatable bonds is 2. The summed E-state index contributed by atoms with van der Waals surface area (Å²) in [6.07, 6.45) is 0. The van der Waals surface area contributed by atoms with Crippen LogP contribution < -0.4 is 0 Å². The van der Waals surface area contributed by atoms with Crippen LogP contribution in [0.2, 0.25) is 0 Å². The van der Waals surface area contributed by atoms with Gasteiger partial charge in [-0.1, -0.05) is 12.1 Å². The molecule has 0 aliphatic carbocycles. The van der Waals surface area contributed by atoms with Crippen LogP contribution in [0.15, 0.2) is 42.5 Å². The van der Waals surface area contributed by atoms with Gasteiger partial charge in [-0.05, 0) is 29.8 Å². The molecule has 0 aliphatic heterocycles. The lowest BCUT2D eigenvalue weighted by Crippen LogP contribution is -2.00. The van der Waals surface area contributed by atoms with Crippen molar-refractivity contribution in [1.29, 1.82) is 0 Å². The molecule has 0 aromatic heterocycles. The minimum absolute atomic E-state index is 0.139. The van der Waals surface area contributed by atoms with Crippen LogP contribution in [-0.2, 0) is 4.74 Å². The number of phenolic OH excluding ortho intramolecular Hbond substituents is 1. The molecule has 0 fully saturated rings. The Labute approximate surface area is 103 Å². The highest BCUT2D eigenvalue weighted by atomic mass is 19.1. The lowest BCUT2D eigenvalue weighted by atomic mass is 10.0. The van der Waals surface area contributed by atoms with Crippen molar-refractivity contribution >= 4 is 5.97 Å². The molecule has 0 unspecified atom stereocenters. The summed E-state index contributed by atoms with van der Waals surface area (Å²) in [5.74, 6) is -1.16. The second-order valence-electron chi connectivity index (χ2n) is 3.74. The highest BCUT2D eigenvalue weighted by Gasteiger charge is 2.10. The molecule has 0 saturated heterocycles. The van der Waals surface area contributed by atoms with E-state index in [1.807, 2.05) is 0 Å². The maximum atomic E-state index is 13.7. The lowest BCUT2D eigenvalue weighted by Gasteiger charge is -2.06. The molecule has 18 heavy (non-hydrogen) atoms. The van der Waals surface area contributed by atoms with Crippen LogP contribution in [0.3, 0.4) is 0 Å². The average molecular weight is 246 g/mol. The Morgan fingerprint density at radius 1 is 1.22 bits per heavy atom. The van der Waals surface area contributed by atoms with Gasteiger partial charge in [0.05, 0.1) is 12.7 Å². The SMILES string of the molecule is COC(=O)c1cccc(-c2ccc(O)cc2F)c1. The molecule has 2 rings (SSSR count). The molecule has 1 N–H and O–H groups in total. The van der Waals surface area contributed by atoms with Gasteiger partial charge in [0.15, 0.2) is 0 Å². The van der Waals surface area contributed by atoms with E-state index in [1.165, 1.54) is 19.2 Å². The smallest absolute Gasteiger partial charge is 0.337 e. The molecule has 0 heterocycles. The monoisotopic (exact) mass is 246 g/mol. The number of aromatic hydroxyl groups is 1. The number of ether oxygens (including phenoxy) is 1. The van der Waals surface area contributed by atoms with E-state index in [9.17, 15) is 9.18 Å². The Bertz CT molecular complexity index is 593. The third-order valence-corrected chi connectivity index (χ3v) is 2.55. The van der Waals surface area contributed by atoms with Crippen LogP contribution in [0.1, 0.15) is 10.4 Å². The number of phenols is 1. The molecule has 2 aromatic carbocycles. The van der Waals surface area contributed by atoms with Gasteiger partial charge in [0.2, 0.25) is 0 Å². The maximum Gasteiger partial charge on any atom is 0.337 e. The fraction of sp³-hybridized carbons (Fsp3) is 0.0714. The van der Waals surface area contributed by atoms with Crippen LogP contribution in [0.5, 0.6) is 5.75 Å². The summed E-state index contributed by atoms with van der Waals surface area (Å²) in [5.41, 5.74) is 1.22. The number of carbonyl (C=O) groups excluding carboxylic acids is 1. The van der Waals surface area contributed by atoms with Crippen molar-refractivity contribution in [3.63, 3.8) is 0 Å². The van der Waals surface area contributed by atoms with E-state index >= 15 is 0 Å². The van der Waals surface area contributed by atoms with E-state index in [-0.39, 0.29) is 5.75 Å². The summed E-state index contributed by atoms with van der Waals surface area (Å²) in [4.78, 5) is 11.4. The van der Waals surface area contributed by atoms with Gasteiger partial charge < -0.3 is 9.84 Å². The van der Waals surface area contributed by atoms with Crippen LogP contribution in [0.4, 0.5) is 4.39 Å². The summed E-state index contributed by atoms with van der Waals surface area (Å²) >= 11 is 0. The van der Waals surface area contributed by atoms with Crippen molar-refractivity contribution in [1.82, 2.24) is 0 Å². The third-order valence-electron chi connectivity index (χ3n) is 2.55. The molecule has 3 nitrogen and oxygen atoms in total. The summed E-state index contributed by atoms with van der Waals surface area (Å²) in [7, 11) is 1.29. The number of halogens is 1. The van der Waals surface area contributed by atoms with Gasteiger partial charge in [-0.15, -0.1) is 0 Å². The molecular formula is C14H11FO3. The van der Waals surface area contributed by atoms with Crippen molar-refractivity contribution < 1.29 is 19.0 Å². The summed E-state index contributed by atoms with van der Waals surface area (Å²) in [6.45, 7) is 0. The molecule has 2 aromatic rings. The summed E-state index contributed by atoms with van der Waals surface area (Å²) < 4.78 is 18.3. The Morgan fingerprint density at radius 2 is 2.00 bits per heavy atom. The molecule has 0 atom stereocenters. The minimum Gasteiger partial charge on any atom is -0.508 e. The first kappa shape index (κ1) is 12.1.